The second-order valence-electron chi connectivity index (χ2n) is 16.5. The second-order valence-corrected chi connectivity index (χ2v) is 16.5. The van der Waals surface area contributed by atoms with Crippen molar-refractivity contribution in [2.24, 2.45) is 17.8 Å². The quantitative estimate of drug-likeness (QED) is 0.176. The van der Waals surface area contributed by atoms with Gasteiger partial charge in [-0.2, -0.15) is 0 Å². The van der Waals surface area contributed by atoms with Gasteiger partial charge in [-0.25, -0.2) is 14.6 Å². The van der Waals surface area contributed by atoms with Crippen molar-refractivity contribution >= 4 is 29.7 Å². The van der Waals surface area contributed by atoms with Gasteiger partial charge in [0.05, 0.1) is 56.5 Å². The number of fused-ring (bicyclic) bond motifs is 1. The summed E-state index contributed by atoms with van der Waals surface area (Å²) in [5.41, 5.74) is 6.02. The summed E-state index contributed by atoms with van der Waals surface area (Å²) < 4.78 is 16.0. The Kier molecular flexibility index (Phi) is 12.3. The van der Waals surface area contributed by atoms with E-state index in [1.165, 1.54) is 14.2 Å². The van der Waals surface area contributed by atoms with E-state index in [0.717, 1.165) is 83.8 Å². The number of benzene rings is 2. The van der Waals surface area contributed by atoms with Crippen molar-refractivity contribution in [2.45, 2.75) is 96.4 Å². The van der Waals surface area contributed by atoms with Gasteiger partial charge in [-0.1, -0.05) is 76.2 Å². The van der Waals surface area contributed by atoms with E-state index in [4.69, 9.17) is 19.2 Å². The lowest BCUT2D eigenvalue weighted by Crippen LogP contribution is -2.56. The summed E-state index contributed by atoms with van der Waals surface area (Å²) in [5, 5.41) is 9.30. The third-order valence-electron chi connectivity index (χ3n) is 12.2. The summed E-state index contributed by atoms with van der Waals surface area (Å²) in [6.07, 6.45) is 5.95. The number of nitrogens with zero attached hydrogens (tertiary/aromatic N) is 3. The van der Waals surface area contributed by atoms with Gasteiger partial charge in [0.1, 0.15) is 23.7 Å². The SMILES string of the molecule is COC(=O)N[C@H](C(=O)N1CCC[C@@H]1C1NC(c2ccc(-c3ccc(-c4cnc([C@@H]5CCCN5C(=O)[C@@H](NC(=O)OC)C(C)C)[nH]4)cc3)cc2)=C2OCCCC21)C(C)C. The van der Waals surface area contributed by atoms with Crippen molar-refractivity contribution in [1.29, 1.82) is 0 Å². The van der Waals surface area contributed by atoms with Gasteiger partial charge < -0.3 is 44.9 Å². The number of imidazole rings is 1. The monoisotopic (exact) mass is 795 g/mol. The van der Waals surface area contributed by atoms with Crippen molar-refractivity contribution in [2.75, 3.05) is 33.9 Å². The Morgan fingerprint density at radius 3 is 1.90 bits per heavy atom. The molecule has 4 N–H and O–H groups in total. The van der Waals surface area contributed by atoms with Crippen molar-refractivity contribution < 1.29 is 33.4 Å². The van der Waals surface area contributed by atoms with Crippen molar-refractivity contribution in [3.05, 3.63) is 71.9 Å². The highest BCUT2D eigenvalue weighted by Crippen LogP contribution is 2.43. The van der Waals surface area contributed by atoms with E-state index in [1.54, 1.807) is 0 Å². The van der Waals surface area contributed by atoms with Crippen LogP contribution in [0.2, 0.25) is 0 Å². The fourth-order valence-electron chi connectivity index (χ4n) is 9.09. The first-order valence-corrected chi connectivity index (χ1v) is 20.7. The number of aromatic nitrogens is 2. The van der Waals surface area contributed by atoms with Crippen LogP contribution in [0.3, 0.4) is 0 Å². The minimum Gasteiger partial charge on any atom is -0.495 e. The number of likely N-dealkylation sites (tertiary alicyclic amines) is 2. The zero-order valence-electron chi connectivity index (χ0n) is 34.4. The molecule has 3 saturated heterocycles. The van der Waals surface area contributed by atoms with Crippen LogP contribution >= 0.6 is 0 Å². The summed E-state index contributed by atoms with van der Waals surface area (Å²) in [5.74, 6) is 1.45. The molecule has 4 amide bonds. The largest absolute Gasteiger partial charge is 0.495 e. The van der Waals surface area contributed by atoms with Crippen LogP contribution in [-0.4, -0.2) is 102 Å². The normalized spacial score (nSPS) is 22.6. The predicted octanol–water partition coefficient (Wildman–Crippen LogP) is 6.23. The van der Waals surface area contributed by atoms with Crippen LogP contribution in [0.4, 0.5) is 9.59 Å². The van der Waals surface area contributed by atoms with Crippen LogP contribution in [-0.2, 0) is 23.8 Å². The highest BCUT2D eigenvalue weighted by Gasteiger charge is 2.47. The molecule has 310 valence electrons. The average molecular weight is 796 g/mol. The zero-order chi connectivity index (χ0) is 41.1. The van der Waals surface area contributed by atoms with Crippen LogP contribution in [0.5, 0.6) is 0 Å². The minimum atomic E-state index is -0.688. The number of ether oxygens (including phenoxy) is 3. The lowest BCUT2D eigenvalue weighted by Gasteiger charge is -2.37. The maximum absolute atomic E-state index is 13.9. The summed E-state index contributed by atoms with van der Waals surface area (Å²) in [7, 11) is 2.60. The number of carbonyl (C=O) groups excluding carboxylic acids is 4. The molecule has 2 unspecified atom stereocenters. The Morgan fingerprint density at radius 1 is 0.741 bits per heavy atom. The van der Waals surface area contributed by atoms with Crippen molar-refractivity contribution in [1.82, 2.24) is 35.7 Å². The Morgan fingerprint density at radius 2 is 1.29 bits per heavy atom. The minimum absolute atomic E-state index is 0.00988. The van der Waals surface area contributed by atoms with E-state index < -0.39 is 24.3 Å². The van der Waals surface area contributed by atoms with Crippen LogP contribution in [0, 0.1) is 17.8 Å². The predicted molar refractivity (Wildman–Crippen MR) is 219 cm³/mol. The first-order valence-electron chi connectivity index (χ1n) is 20.7. The molecule has 6 atom stereocenters. The van der Waals surface area contributed by atoms with Crippen LogP contribution in [0.25, 0.3) is 28.1 Å². The fourth-order valence-corrected chi connectivity index (χ4v) is 9.09. The molecule has 7 rings (SSSR count). The van der Waals surface area contributed by atoms with E-state index in [0.29, 0.717) is 19.7 Å². The number of alkyl carbamates (subject to hydrolysis) is 2. The topological polar surface area (TPSA) is 167 Å². The molecule has 0 bridgehead atoms. The lowest BCUT2D eigenvalue weighted by molar-refractivity contribution is -0.136. The summed E-state index contributed by atoms with van der Waals surface area (Å²) in [6, 6.07) is 15.3. The average Bonchev–Trinajstić information content (AvgIpc) is 4.07. The number of aromatic amines is 1. The Balaban J connectivity index is 1.03. The smallest absolute Gasteiger partial charge is 0.407 e. The molecule has 2 aromatic carbocycles. The lowest BCUT2D eigenvalue weighted by atomic mass is 9.87. The highest BCUT2D eigenvalue weighted by molar-refractivity contribution is 5.87. The summed E-state index contributed by atoms with van der Waals surface area (Å²) in [4.78, 5) is 63.5. The Labute approximate surface area is 340 Å². The number of hydrogen-bond donors (Lipinski definition) is 4. The summed E-state index contributed by atoms with van der Waals surface area (Å²) in [6.45, 7) is 9.60. The number of rotatable bonds is 11. The molecule has 4 aliphatic heterocycles. The molecule has 5 heterocycles. The Hall–Kier alpha value is -5.53. The van der Waals surface area contributed by atoms with Gasteiger partial charge >= 0.3 is 12.2 Å². The molecular weight excluding hydrogens is 739 g/mol. The molecule has 4 aliphatic rings. The molecule has 1 aromatic heterocycles. The first kappa shape index (κ1) is 40.7. The standard InChI is InChI=1S/C44H57N7O7/c1-25(2)35(48-43(54)56-5)41(52)50-21-7-11-33(50)38-31-10-9-23-58-39(31)37(47-38)30-19-15-28(16-20-30)27-13-17-29(18-14-27)32-24-45-40(46-32)34-12-8-22-51(34)42(53)36(26(3)4)49-44(55)57-6/h13-20,24-26,31,33-36,38,47H,7-12,21-23H2,1-6H3,(H,45,46)(H,48,54)(H,49,55)/t31?,33-,34+,35+,36+,38?/m1/s1. The maximum Gasteiger partial charge on any atom is 0.407 e. The second kappa shape index (κ2) is 17.5. The molecule has 14 heteroatoms. The molecule has 3 aromatic rings. The molecule has 0 saturated carbocycles. The molecule has 0 radical (unpaired) electrons. The molecule has 3 fully saturated rings. The van der Waals surface area contributed by atoms with Gasteiger partial charge in [0.25, 0.3) is 0 Å². The van der Waals surface area contributed by atoms with Crippen molar-refractivity contribution in [3.63, 3.8) is 0 Å². The van der Waals surface area contributed by atoms with Gasteiger partial charge in [0.15, 0.2) is 0 Å². The molecule has 0 spiro atoms. The van der Waals surface area contributed by atoms with E-state index >= 15 is 0 Å². The van der Waals surface area contributed by atoms with Gasteiger partial charge in [0, 0.05) is 24.6 Å². The number of nitrogens with one attached hydrogen (secondary N) is 4. The maximum atomic E-state index is 13.9. The fraction of sp³-hybridized carbons (Fsp3) is 0.523. The third-order valence-corrected chi connectivity index (χ3v) is 12.2. The van der Waals surface area contributed by atoms with Crippen LogP contribution < -0.4 is 16.0 Å². The third kappa shape index (κ3) is 8.23. The van der Waals surface area contributed by atoms with E-state index in [9.17, 15) is 19.2 Å². The van der Waals surface area contributed by atoms with Crippen molar-refractivity contribution in [3.8, 4) is 22.4 Å². The van der Waals surface area contributed by atoms with Gasteiger partial charge in [-0.3, -0.25) is 9.59 Å². The molecule has 0 aliphatic carbocycles. The molecular formula is C44H57N7O7. The van der Waals surface area contributed by atoms with Gasteiger partial charge in [-0.05, 0) is 67.1 Å². The number of carbonyl (C=O) groups is 4. The first-order chi connectivity index (χ1) is 28.0. The van der Waals surface area contributed by atoms with Crippen LogP contribution in [0.1, 0.15) is 83.6 Å². The number of H-pyrrole nitrogens is 1. The number of hydrogen-bond acceptors (Lipinski definition) is 9. The van der Waals surface area contributed by atoms with E-state index in [-0.39, 0.29) is 47.7 Å². The summed E-state index contributed by atoms with van der Waals surface area (Å²) >= 11 is 0. The number of methoxy groups -OCH3 is 2. The zero-order valence-corrected chi connectivity index (χ0v) is 34.4. The highest BCUT2D eigenvalue weighted by atomic mass is 16.5. The van der Waals surface area contributed by atoms with Gasteiger partial charge in [-0.15, -0.1) is 0 Å². The number of amides is 4. The molecule has 58 heavy (non-hydrogen) atoms. The van der Waals surface area contributed by atoms with E-state index in [2.05, 4.69) is 69.5 Å². The van der Waals surface area contributed by atoms with Crippen LogP contribution in [0.15, 0.2) is 60.5 Å². The molecule has 14 nitrogen and oxygen atoms in total. The Bertz CT molecular complexity index is 1990. The van der Waals surface area contributed by atoms with E-state index in [1.807, 2.05) is 43.7 Å². The van der Waals surface area contributed by atoms with Gasteiger partial charge in [0.2, 0.25) is 11.8 Å².